The van der Waals surface area contributed by atoms with Gasteiger partial charge >= 0.3 is 0 Å². The fourth-order valence-corrected chi connectivity index (χ4v) is 5.00. The van der Waals surface area contributed by atoms with Crippen LogP contribution >= 0.6 is 11.3 Å². The van der Waals surface area contributed by atoms with Crippen molar-refractivity contribution in [2.24, 2.45) is 11.5 Å². The van der Waals surface area contributed by atoms with Crippen LogP contribution < -0.4 is 11.5 Å². The number of nitrogens with zero attached hydrogens (tertiary/aromatic N) is 1. The monoisotopic (exact) mass is 447 g/mol. The van der Waals surface area contributed by atoms with Crippen LogP contribution in [0.3, 0.4) is 0 Å². The van der Waals surface area contributed by atoms with Gasteiger partial charge in [-0.15, -0.1) is 11.3 Å². The van der Waals surface area contributed by atoms with E-state index < -0.39 is 0 Å². The number of allylic oxidation sites excluding steroid dienone is 6. The average Bonchev–Trinajstić information content (AvgIpc) is 3.23. The van der Waals surface area contributed by atoms with Gasteiger partial charge in [-0.3, -0.25) is 0 Å². The van der Waals surface area contributed by atoms with Crippen molar-refractivity contribution in [1.29, 1.82) is 5.26 Å². The standard InChI is InChI=1S/C29H25N3S/c30-16-15-21(19-31)7-3-1-6-10-25(20-32)24-12-14-27-26-13-11-23(22-8-4-2-5-9-22)17-28(26)33-29(27)18-24/h2,4-18,20H,1,3,30,32H2/b10-6-,16-15-,21-7+,25-20+. The molecule has 1 heterocycles. The molecular weight excluding hydrogens is 422 g/mol. The van der Waals surface area contributed by atoms with E-state index in [1.807, 2.05) is 29.6 Å². The number of hydrogen-bond donors (Lipinski definition) is 2. The molecule has 4 N–H and O–H groups in total. The SMILES string of the molecule is N#CC(/C=C\N)=C/CC/C=C\C(=C/N)c1ccc2c(c1)sc1cc(-c3ccccc3)ccc12. The van der Waals surface area contributed by atoms with Gasteiger partial charge in [0, 0.05) is 31.9 Å². The molecule has 0 aliphatic rings. The molecule has 4 rings (SSSR count). The molecule has 0 saturated carbocycles. The maximum Gasteiger partial charge on any atom is 0.0988 e. The van der Waals surface area contributed by atoms with Crippen LogP contribution in [0.4, 0.5) is 0 Å². The van der Waals surface area contributed by atoms with Crippen LogP contribution in [-0.4, -0.2) is 0 Å². The van der Waals surface area contributed by atoms with Crippen LogP contribution in [-0.2, 0) is 0 Å². The third-order valence-corrected chi connectivity index (χ3v) is 6.61. The highest BCUT2D eigenvalue weighted by atomic mass is 32.1. The second-order valence-electron chi connectivity index (χ2n) is 7.62. The molecular formula is C29H25N3S. The topological polar surface area (TPSA) is 75.8 Å². The van der Waals surface area contributed by atoms with Crippen molar-refractivity contribution in [1.82, 2.24) is 0 Å². The summed E-state index contributed by atoms with van der Waals surface area (Å²) >= 11 is 1.81. The molecule has 0 unspecified atom stereocenters. The Kier molecular flexibility index (Phi) is 7.04. The second-order valence-corrected chi connectivity index (χ2v) is 8.71. The normalized spacial score (nSPS) is 12.8. The van der Waals surface area contributed by atoms with Gasteiger partial charge in [0.1, 0.15) is 0 Å². The summed E-state index contributed by atoms with van der Waals surface area (Å²) in [5.74, 6) is 0. The number of fused-ring (bicyclic) bond motifs is 3. The van der Waals surface area contributed by atoms with Gasteiger partial charge in [0.05, 0.1) is 6.07 Å². The Morgan fingerprint density at radius 3 is 2.33 bits per heavy atom. The Balaban J connectivity index is 1.56. The summed E-state index contributed by atoms with van der Waals surface area (Å²) in [6, 6.07) is 25.8. The lowest BCUT2D eigenvalue weighted by molar-refractivity contribution is 1.05. The first-order valence-corrected chi connectivity index (χ1v) is 11.6. The number of hydrogen-bond acceptors (Lipinski definition) is 4. The van der Waals surface area contributed by atoms with Crippen molar-refractivity contribution in [3.8, 4) is 17.2 Å². The molecule has 0 saturated heterocycles. The number of rotatable bonds is 7. The Hall–Kier alpha value is -4.07. The fourth-order valence-electron chi connectivity index (χ4n) is 3.81. The predicted molar refractivity (Wildman–Crippen MR) is 142 cm³/mol. The van der Waals surface area contributed by atoms with Crippen LogP contribution in [0.1, 0.15) is 18.4 Å². The van der Waals surface area contributed by atoms with E-state index in [0.717, 1.165) is 24.0 Å². The minimum atomic E-state index is 0.575. The van der Waals surface area contributed by atoms with Gasteiger partial charge in [0.15, 0.2) is 0 Å². The lowest BCUT2D eigenvalue weighted by Gasteiger charge is -2.03. The first-order chi connectivity index (χ1) is 16.2. The van der Waals surface area contributed by atoms with Crippen molar-refractivity contribution in [3.05, 3.63) is 115 Å². The number of nitrogens with two attached hydrogens (primary N) is 2. The maximum absolute atomic E-state index is 9.03. The Morgan fingerprint density at radius 1 is 0.848 bits per heavy atom. The average molecular weight is 448 g/mol. The van der Waals surface area contributed by atoms with Gasteiger partial charge in [0.2, 0.25) is 0 Å². The highest BCUT2D eigenvalue weighted by molar-refractivity contribution is 7.25. The molecule has 0 fully saturated rings. The molecule has 4 heteroatoms. The molecule has 1 aromatic heterocycles. The molecule has 0 spiro atoms. The minimum Gasteiger partial charge on any atom is -0.405 e. The molecule has 0 aliphatic carbocycles. The molecule has 4 aromatic rings. The third kappa shape index (κ3) is 5.06. The van der Waals surface area contributed by atoms with E-state index >= 15 is 0 Å². The summed E-state index contributed by atoms with van der Waals surface area (Å²) < 4.78 is 2.53. The first kappa shape index (κ1) is 22.1. The number of unbranched alkanes of at least 4 members (excludes halogenated alkanes) is 1. The van der Waals surface area contributed by atoms with Crippen LogP contribution in [0.5, 0.6) is 0 Å². The van der Waals surface area contributed by atoms with E-state index in [2.05, 4.69) is 72.8 Å². The van der Waals surface area contributed by atoms with Crippen LogP contribution in [0.25, 0.3) is 36.9 Å². The number of nitriles is 1. The van der Waals surface area contributed by atoms with Crippen molar-refractivity contribution < 1.29 is 0 Å². The van der Waals surface area contributed by atoms with Gasteiger partial charge in [-0.2, -0.15) is 5.26 Å². The quantitative estimate of drug-likeness (QED) is 0.177. The Labute approximate surface area is 198 Å². The largest absolute Gasteiger partial charge is 0.405 e. The lowest BCUT2D eigenvalue weighted by Crippen LogP contribution is -1.87. The smallest absolute Gasteiger partial charge is 0.0988 e. The summed E-state index contributed by atoms with van der Waals surface area (Å²) in [6.07, 6.45) is 12.2. The number of thiophene rings is 1. The molecule has 0 aliphatic heterocycles. The van der Waals surface area contributed by atoms with Crippen LogP contribution in [0, 0.1) is 11.3 Å². The van der Waals surface area contributed by atoms with E-state index in [1.54, 1.807) is 12.3 Å². The Morgan fingerprint density at radius 2 is 1.61 bits per heavy atom. The minimum absolute atomic E-state index is 0.575. The van der Waals surface area contributed by atoms with Crippen LogP contribution in [0.2, 0.25) is 0 Å². The van der Waals surface area contributed by atoms with Crippen LogP contribution in [0.15, 0.2) is 109 Å². The molecule has 0 radical (unpaired) electrons. The summed E-state index contributed by atoms with van der Waals surface area (Å²) in [4.78, 5) is 0. The molecule has 33 heavy (non-hydrogen) atoms. The highest BCUT2D eigenvalue weighted by Crippen LogP contribution is 2.37. The molecule has 0 bridgehead atoms. The van der Waals surface area contributed by atoms with E-state index in [9.17, 15) is 0 Å². The van der Waals surface area contributed by atoms with Crippen molar-refractivity contribution in [2.45, 2.75) is 12.8 Å². The molecule has 162 valence electrons. The maximum atomic E-state index is 9.03. The zero-order chi connectivity index (χ0) is 23.0. The molecule has 3 nitrogen and oxygen atoms in total. The van der Waals surface area contributed by atoms with Crippen molar-refractivity contribution in [2.75, 3.05) is 0 Å². The molecule has 3 aromatic carbocycles. The summed E-state index contributed by atoms with van der Waals surface area (Å²) in [7, 11) is 0. The second kappa shape index (κ2) is 10.5. The van der Waals surface area contributed by atoms with Crippen molar-refractivity contribution >= 4 is 37.1 Å². The predicted octanol–water partition coefficient (Wildman–Crippen LogP) is 7.28. The van der Waals surface area contributed by atoms with E-state index in [-0.39, 0.29) is 0 Å². The van der Waals surface area contributed by atoms with Gasteiger partial charge < -0.3 is 11.5 Å². The van der Waals surface area contributed by atoms with Gasteiger partial charge in [-0.25, -0.2) is 0 Å². The van der Waals surface area contributed by atoms with Gasteiger partial charge in [0.25, 0.3) is 0 Å². The number of benzene rings is 3. The molecule has 0 amide bonds. The highest BCUT2D eigenvalue weighted by Gasteiger charge is 2.08. The zero-order valence-electron chi connectivity index (χ0n) is 18.2. The van der Waals surface area contributed by atoms with E-state index in [4.69, 9.17) is 16.7 Å². The third-order valence-electron chi connectivity index (χ3n) is 5.49. The molecule has 0 atom stereocenters. The fraction of sp³-hybridized carbons (Fsp3) is 0.0690. The first-order valence-electron chi connectivity index (χ1n) is 10.8. The summed E-state index contributed by atoms with van der Waals surface area (Å²) in [5.41, 5.74) is 16.4. The Bertz CT molecular complexity index is 1430. The zero-order valence-corrected chi connectivity index (χ0v) is 19.1. The van der Waals surface area contributed by atoms with Crippen molar-refractivity contribution in [3.63, 3.8) is 0 Å². The van der Waals surface area contributed by atoms with E-state index in [0.29, 0.717) is 5.57 Å². The lowest BCUT2D eigenvalue weighted by atomic mass is 10.0. The summed E-state index contributed by atoms with van der Waals surface area (Å²) in [5, 5.41) is 11.6. The summed E-state index contributed by atoms with van der Waals surface area (Å²) in [6.45, 7) is 0. The van der Waals surface area contributed by atoms with Gasteiger partial charge in [-0.1, -0.05) is 72.8 Å². The van der Waals surface area contributed by atoms with Gasteiger partial charge in [-0.05, 0) is 59.5 Å². The van der Waals surface area contributed by atoms with E-state index in [1.165, 1.54) is 37.5 Å².